The lowest BCUT2D eigenvalue weighted by molar-refractivity contribution is -0.0809. The van der Waals surface area contributed by atoms with Gasteiger partial charge in [0.2, 0.25) is 0 Å². The lowest BCUT2D eigenvalue weighted by Gasteiger charge is -2.53. The summed E-state index contributed by atoms with van der Waals surface area (Å²) in [5.74, 6) is 0. The summed E-state index contributed by atoms with van der Waals surface area (Å²) in [6.45, 7) is 12.3. The largest absolute Gasteiger partial charge is 0.282 e. The van der Waals surface area contributed by atoms with Crippen LogP contribution in [-0.2, 0) is 0 Å². The molecule has 2 nitrogen and oxygen atoms in total. The van der Waals surface area contributed by atoms with Crippen LogP contribution in [0.5, 0.6) is 0 Å². The zero-order chi connectivity index (χ0) is 19.6. The summed E-state index contributed by atoms with van der Waals surface area (Å²) in [6.07, 6.45) is 22.0. The minimum absolute atomic E-state index is 0.681. The van der Waals surface area contributed by atoms with Gasteiger partial charge in [-0.2, -0.15) is 0 Å². The van der Waals surface area contributed by atoms with E-state index in [0.29, 0.717) is 6.17 Å². The summed E-state index contributed by atoms with van der Waals surface area (Å²) in [7, 11) is 0. The molecule has 2 heterocycles. The van der Waals surface area contributed by atoms with E-state index in [1.807, 2.05) is 0 Å². The number of rotatable bonds is 11. The number of hydrogen-bond acceptors (Lipinski definition) is 2. The van der Waals surface area contributed by atoms with E-state index >= 15 is 0 Å². The van der Waals surface area contributed by atoms with Crippen LogP contribution in [0.2, 0.25) is 0 Å². The molecule has 0 aromatic carbocycles. The van der Waals surface area contributed by atoms with Crippen LogP contribution in [0.3, 0.4) is 0 Å². The lowest BCUT2D eigenvalue weighted by atomic mass is 9.91. The van der Waals surface area contributed by atoms with E-state index in [0.717, 1.165) is 24.2 Å². The standard InChI is InChI=1S/C25H50N2/c1-6-7-8-9-10-11-12-13-20-25(26-21(2)16-14-17-22(26)3)27-23(4)18-15-19-24(27)5/h21-25H,6-20H2,1-5H3. The zero-order valence-corrected chi connectivity index (χ0v) is 19.4. The van der Waals surface area contributed by atoms with Crippen molar-refractivity contribution in [3.05, 3.63) is 0 Å². The topological polar surface area (TPSA) is 6.48 Å². The molecule has 2 heteroatoms. The summed E-state index contributed by atoms with van der Waals surface area (Å²) >= 11 is 0. The van der Waals surface area contributed by atoms with E-state index in [1.54, 1.807) is 0 Å². The number of piperidine rings is 2. The minimum Gasteiger partial charge on any atom is -0.282 e. The lowest BCUT2D eigenvalue weighted by Crippen LogP contribution is -2.61. The highest BCUT2D eigenvalue weighted by molar-refractivity contribution is 4.91. The molecule has 0 N–H and O–H groups in total. The van der Waals surface area contributed by atoms with Crippen molar-refractivity contribution in [2.45, 2.75) is 161 Å². The maximum Gasteiger partial charge on any atom is 0.0631 e. The average molecular weight is 379 g/mol. The van der Waals surface area contributed by atoms with E-state index in [9.17, 15) is 0 Å². The molecule has 4 atom stereocenters. The Bertz CT molecular complexity index is 337. The van der Waals surface area contributed by atoms with Crippen LogP contribution in [0.4, 0.5) is 0 Å². The Morgan fingerprint density at radius 1 is 0.593 bits per heavy atom. The molecule has 0 spiro atoms. The van der Waals surface area contributed by atoms with Crippen LogP contribution in [0.1, 0.15) is 131 Å². The van der Waals surface area contributed by atoms with Gasteiger partial charge >= 0.3 is 0 Å². The van der Waals surface area contributed by atoms with Gasteiger partial charge in [0.15, 0.2) is 0 Å². The summed E-state index contributed by atoms with van der Waals surface area (Å²) in [5.41, 5.74) is 0. The van der Waals surface area contributed by atoms with Crippen LogP contribution in [0.25, 0.3) is 0 Å². The third-order valence-electron chi connectivity index (χ3n) is 7.53. The predicted molar refractivity (Wildman–Crippen MR) is 120 cm³/mol. The number of nitrogens with zero attached hydrogens (tertiary/aromatic N) is 2. The molecule has 4 unspecified atom stereocenters. The molecule has 160 valence electrons. The summed E-state index contributed by atoms with van der Waals surface area (Å²) in [6, 6.07) is 3.03. The van der Waals surface area contributed by atoms with Gasteiger partial charge < -0.3 is 0 Å². The van der Waals surface area contributed by atoms with Gasteiger partial charge in [-0.25, -0.2) is 0 Å². The molecule has 0 saturated carbocycles. The molecular formula is C25H50N2. The molecule has 2 saturated heterocycles. The van der Waals surface area contributed by atoms with Crippen molar-refractivity contribution in [3.8, 4) is 0 Å². The normalized spacial score (nSPS) is 31.9. The molecule has 0 amide bonds. The predicted octanol–water partition coefficient (Wildman–Crippen LogP) is 7.37. The van der Waals surface area contributed by atoms with Crippen LogP contribution in [0.15, 0.2) is 0 Å². The fraction of sp³-hybridized carbons (Fsp3) is 1.00. The molecule has 2 rings (SSSR count). The molecule has 27 heavy (non-hydrogen) atoms. The molecule has 0 aromatic rings. The molecule has 2 aliphatic heterocycles. The molecule has 0 bridgehead atoms. The fourth-order valence-electron chi connectivity index (χ4n) is 5.97. The summed E-state index contributed by atoms with van der Waals surface area (Å²) in [5, 5.41) is 0. The molecule has 0 aromatic heterocycles. The van der Waals surface area contributed by atoms with Crippen LogP contribution < -0.4 is 0 Å². The SMILES string of the molecule is CCCCCCCCCCC(N1C(C)CCCC1C)N1C(C)CCCC1C. The van der Waals surface area contributed by atoms with E-state index in [1.165, 1.54) is 96.3 Å². The highest BCUT2D eigenvalue weighted by Crippen LogP contribution is 2.34. The molecule has 0 aliphatic carbocycles. The van der Waals surface area contributed by atoms with Crippen LogP contribution in [0, 0.1) is 0 Å². The molecule has 2 aliphatic rings. The van der Waals surface area contributed by atoms with Crippen molar-refractivity contribution >= 4 is 0 Å². The van der Waals surface area contributed by atoms with Gasteiger partial charge in [0.1, 0.15) is 0 Å². The minimum atomic E-state index is 0.681. The Balaban J connectivity index is 1.91. The number of likely N-dealkylation sites (tertiary alicyclic amines) is 2. The zero-order valence-electron chi connectivity index (χ0n) is 19.4. The van der Waals surface area contributed by atoms with Crippen molar-refractivity contribution in [3.63, 3.8) is 0 Å². The Labute approximate surface area is 171 Å². The monoisotopic (exact) mass is 378 g/mol. The summed E-state index contributed by atoms with van der Waals surface area (Å²) in [4.78, 5) is 5.87. The van der Waals surface area contributed by atoms with Gasteiger partial charge in [-0.15, -0.1) is 0 Å². The maximum absolute atomic E-state index is 2.93. The second-order valence-electron chi connectivity index (χ2n) is 9.90. The Hall–Kier alpha value is -0.0800. The van der Waals surface area contributed by atoms with Gasteiger partial charge in [0.25, 0.3) is 0 Å². The van der Waals surface area contributed by atoms with Gasteiger partial charge in [0, 0.05) is 24.2 Å². The van der Waals surface area contributed by atoms with Gasteiger partial charge in [-0.05, 0) is 59.8 Å². The number of unbranched alkanes of at least 4 members (excludes halogenated alkanes) is 7. The summed E-state index contributed by atoms with van der Waals surface area (Å²) < 4.78 is 0. The Morgan fingerprint density at radius 2 is 0.963 bits per heavy atom. The first-order valence-electron chi connectivity index (χ1n) is 12.6. The third kappa shape index (κ3) is 7.03. The van der Waals surface area contributed by atoms with Crippen LogP contribution >= 0.6 is 0 Å². The molecule has 0 radical (unpaired) electrons. The quantitative estimate of drug-likeness (QED) is 0.346. The van der Waals surface area contributed by atoms with E-state index in [4.69, 9.17) is 0 Å². The Morgan fingerprint density at radius 3 is 1.37 bits per heavy atom. The van der Waals surface area contributed by atoms with E-state index in [-0.39, 0.29) is 0 Å². The number of hydrogen-bond donors (Lipinski definition) is 0. The highest BCUT2D eigenvalue weighted by Gasteiger charge is 2.38. The smallest absolute Gasteiger partial charge is 0.0631 e. The first kappa shape index (κ1) is 23.2. The second-order valence-corrected chi connectivity index (χ2v) is 9.90. The van der Waals surface area contributed by atoms with Crippen molar-refractivity contribution < 1.29 is 0 Å². The van der Waals surface area contributed by atoms with Crippen molar-refractivity contribution in [2.75, 3.05) is 0 Å². The van der Waals surface area contributed by atoms with Crippen molar-refractivity contribution in [1.29, 1.82) is 0 Å². The molecular weight excluding hydrogens is 328 g/mol. The van der Waals surface area contributed by atoms with E-state index in [2.05, 4.69) is 44.4 Å². The van der Waals surface area contributed by atoms with Crippen LogP contribution in [-0.4, -0.2) is 40.1 Å². The maximum atomic E-state index is 2.93. The Kier molecular flexibility index (Phi) is 10.7. The first-order chi connectivity index (χ1) is 13.1. The second kappa shape index (κ2) is 12.5. The third-order valence-corrected chi connectivity index (χ3v) is 7.53. The highest BCUT2D eigenvalue weighted by atomic mass is 15.4. The van der Waals surface area contributed by atoms with Crippen molar-refractivity contribution in [2.24, 2.45) is 0 Å². The van der Waals surface area contributed by atoms with Gasteiger partial charge in [0.05, 0.1) is 6.17 Å². The fourth-order valence-corrected chi connectivity index (χ4v) is 5.97. The average Bonchev–Trinajstić information content (AvgIpc) is 2.63. The molecule has 2 fully saturated rings. The van der Waals surface area contributed by atoms with E-state index < -0.39 is 0 Å². The first-order valence-corrected chi connectivity index (χ1v) is 12.6. The van der Waals surface area contributed by atoms with Gasteiger partial charge in [-0.3, -0.25) is 9.80 Å². The van der Waals surface area contributed by atoms with Gasteiger partial charge in [-0.1, -0.05) is 71.1 Å². The van der Waals surface area contributed by atoms with Crippen molar-refractivity contribution in [1.82, 2.24) is 9.80 Å².